The number of anilines is 1. The zero-order chi connectivity index (χ0) is 13.3. The van der Waals surface area contributed by atoms with E-state index in [2.05, 4.69) is 28.1 Å². The average Bonchev–Trinajstić information content (AvgIpc) is 2.33. The molecule has 0 saturated carbocycles. The van der Waals surface area contributed by atoms with Gasteiger partial charge in [0.2, 0.25) is 0 Å². The van der Waals surface area contributed by atoms with E-state index in [4.69, 9.17) is 5.73 Å². The molecule has 0 spiro atoms. The molecule has 0 aromatic carbocycles. The number of aryl methyl sites for hydroxylation is 1. The van der Waals surface area contributed by atoms with Crippen molar-refractivity contribution >= 4 is 5.82 Å². The highest BCUT2D eigenvalue weighted by molar-refractivity contribution is 5.58. The summed E-state index contributed by atoms with van der Waals surface area (Å²) in [6, 6.07) is 2.81. The van der Waals surface area contributed by atoms with Gasteiger partial charge in [0.25, 0.3) is 0 Å². The molecule has 96 valence electrons. The van der Waals surface area contributed by atoms with Crippen LogP contribution in [0.15, 0.2) is 0 Å². The zero-order valence-electron chi connectivity index (χ0n) is 11.1. The van der Waals surface area contributed by atoms with Crippen LogP contribution in [0.5, 0.6) is 0 Å². The number of nitriles is 1. The van der Waals surface area contributed by atoms with Gasteiger partial charge in [0, 0.05) is 18.6 Å². The van der Waals surface area contributed by atoms with Crippen LogP contribution in [0, 0.1) is 25.2 Å². The van der Waals surface area contributed by atoms with Crippen molar-refractivity contribution < 1.29 is 0 Å². The highest BCUT2D eigenvalue weighted by Crippen LogP contribution is 2.27. The Hall–Kier alpha value is -1.67. The van der Waals surface area contributed by atoms with Gasteiger partial charge in [0.05, 0.1) is 5.69 Å². The molecule has 2 heterocycles. The van der Waals surface area contributed by atoms with Gasteiger partial charge in [-0.05, 0) is 39.2 Å². The topological polar surface area (TPSA) is 78.8 Å². The first-order valence-corrected chi connectivity index (χ1v) is 6.30. The first-order valence-electron chi connectivity index (χ1n) is 6.30. The molecule has 18 heavy (non-hydrogen) atoms. The van der Waals surface area contributed by atoms with Crippen molar-refractivity contribution in [3.05, 3.63) is 16.8 Å². The third-order valence-corrected chi connectivity index (χ3v) is 3.74. The summed E-state index contributed by atoms with van der Waals surface area (Å²) in [6.07, 6.45) is 1.86. The first-order chi connectivity index (χ1) is 8.54. The van der Waals surface area contributed by atoms with E-state index in [1.54, 1.807) is 0 Å². The molecule has 2 rings (SSSR count). The predicted octanol–water partition coefficient (Wildman–Crippen LogP) is 1.28. The molecule has 1 fully saturated rings. The Bertz CT molecular complexity index is 491. The van der Waals surface area contributed by atoms with Gasteiger partial charge in [-0.1, -0.05) is 0 Å². The first kappa shape index (κ1) is 12.8. The molecular formula is C13H19N5. The fraction of sp³-hybridized carbons (Fsp3) is 0.615. The molecule has 1 aliphatic rings. The third-order valence-electron chi connectivity index (χ3n) is 3.74. The lowest BCUT2D eigenvalue weighted by Crippen LogP contribution is -2.46. The van der Waals surface area contributed by atoms with E-state index >= 15 is 0 Å². The maximum atomic E-state index is 9.32. The van der Waals surface area contributed by atoms with Crippen LogP contribution in [-0.4, -0.2) is 28.8 Å². The van der Waals surface area contributed by atoms with Crippen LogP contribution in [-0.2, 0) is 0 Å². The van der Waals surface area contributed by atoms with Crippen molar-refractivity contribution in [3.63, 3.8) is 0 Å². The number of nitrogens with zero attached hydrogens (tertiary/aromatic N) is 4. The maximum Gasteiger partial charge on any atom is 0.169 e. The summed E-state index contributed by atoms with van der Waals surface area (Å²) in [5, 5.41) is 17.7. The predicted molar refractivity (Wildman–Crippen MR) is 70.2 cm³/mol. The minimum Gasteiger partial charge on any atom is -0.351 e. The van der Waals surface area contributed by atoms with Crippen LogP contribution in [0.1, 0.15) is 36.6 Å². The number of aromatic nitrogens is 2. The highest BCUT2D eigenvalue weighted by atomic mass is 15.3. The molecule has 0 amide bonds. The molecule has 1 aliphatic heterocycles. The average molecular weight is 245 g/mol. The van der Waals surface area contributed by atoms with Crippen LogP contribution in [0.4, 0.5) is 5.82 Å². The fourth-order valence-corrected chi connectivity index (χ4v) is 2.45. The Morgan fingerprint density at radius 1 is 1.39 bits per heavy atom. The Morgan fingerprint density at radius 2 is 2.11 bits per heavy atom. The van der Waals surface area contributed by atoms with Crippen LogP contribution in [0.2, 0.25) is 0 Å². The van der Waals surface area contributed by atoms with Crippen LogP contribution in [0.25, 0.3) is 0 Å². The third kappa shape index (κ3) is 2.16. The van der Waals surface area contributed by atoms with E-state index in [1.807, 2.05) is 13.8 Å². The normalized spacial score (nSPS) is 23.8. The molecule has 0 bridgehead atoms. The van der Waals surface area contributed by atoms with Crippen LogP contribution in [0.3, 0.4) is 0 Å². The molecular weight excluding hydrogens is 226 g/mol. The van der Waals surface area contributed by atoms with E-state index in [-0.39, 0.29) is 6.04 Å². The minimum absolute atomic E-state index is 0.251. The molecule has 0 aliphatic carbocycles. The van der Waals surface area contributed by atoms with E-state index < -0.39 is 0 Å². The van der Waals surface area contributed by atoms with Gasteiger partial charge < -0.3 is 10.6 Å². The largest absolute Gasteiger partial charge is 0.351 e. The number of piperidine rings is 1. The van der Waals surface area contributed by atoms with Gasteiger partial charge in [-0.3, -0.25) is 0 Å². The van der Waals surface area contributed by atoms with Crippen molar-refractivity contribution in [2.75, 3.05) is 11.4 Å². The molecule has 2 atom stereocenters. The van der Waals surface area contributed by atoms with Gasteiger partial charge in [-0.25, -0.2) is 0 Å². The van der Waals surface area contributed by atoms with Crippen molar-refractivity contribution in [1.82, 2.24) is 10.2 Å². The summed E-state index contributed by atoms with van der Waals surface area (Å²) in [5.74, 6) is 0.708. The lowest BCUT2D eigenvalue weighted by molar-refractivity contribution is 0.426. The summed E-state index contributed by atoms with van der Waals surface area (Å²) < 4.78 is 0. The van der Waals surface area contributed by atoms with E-state index in [0.717, 1.165) is 30.6 Å². The minimum atomic E-state index is 0.251. The SMILES string of the molecule is Cc1nnc(N2CCC(N)CC2C)c(C#N)c1C. The summed E-state index contributed by atoms with van der Waals surface area (Å²) in [7, 11) is 0. The van der Waals surface area contributed by atoms with Gasteiger partial charge >= 0.3 is 0 Å². The summed E-state index contributed by atoms with van der Waals surface area (Å²) in [5.41, 5.74) is 8.34. The Morgan fingerprint density at radius 3 is 2.72 bits per heavy atom. The van der Waals surface area contributed by atoms with E-state index in [9.17, 15) is 5.26 Å². The second-order valence-electron chi connectivity index (χ2n) is 5.05. The molecule has 5 nitrogen and oxygen atoms in total. The number of hydrogen-bond acceptors (Lipinski definition) is 5. The monoisotopic (exact) mass is 245 g/mol. The molecule has 2 N–H and O–H groups in total. The molecule has 1 aromatic rings. The summed E-state index contributed by atoms with van der Waals surface area (Å²) >= 11 is 0. The highest BCUT2D eigenvalue weighted by Gasteiger charge is 2.27. The quantitative estimate of drug-likeness (QED) is 0.806. The number of hydrogen-bond donors (Lipinski definition) is 1. The van der Waals surface area contributed by atoms with Gasteiger partial charge in [-0.15, -0.1) is 5.10 Å². The van der Waals surface area contributed by atoms with Crippen LogP contribution >= 0.6 is 0 Å². The van der Waals surface area contributed by atoms with E-state index in [1.165, 1.54) is 0 Å². The van der Waals surface area contributed by atoms with Crippen molar-refractivity contribution in [1.29, 1.82) is 5.26 Å². The Kier molecular flexibility index (Phi) is 3.48. The van der Waals surface area contributed by atoms with E-state index in [0.29, 0.717) is 17.4 Å². The standard InChI is InChI=1S/C13H19N5/c1-8-6-11(15)4-5-18(8)13-12(7-14)9(2)10(3)16-17-13/h8,11H,4-6,15H2,1-3H3. The van der Waals surface area contributed by atoms with Crippen molar-refractivity contribution in [3.8, 4) is 6.07 Å². The summed E-state index contributed by atoms with van der Waals surface area (Å²) in [6.45, 7) is 6.76. The number of nitrogens with two attached hydrogens (primary N) is 1. The smallest absolute Gasteiger partial charge is 0.169 e. The zero-order valence-corrected chi connectivity index (χ0v) is 11.1. The Balaban J connectivity index is 2.40. The second kappa shape index (κ2) is 4.91. The molecule has 0 radical (unpaired) electrons. The van der Waals surface area contributed by atoms with Gasteiger partial charge in [0.1, 0.15) is 11.6 Å². The van der Waals surface area contributed by atoms with Crippen LogP contribution < -0.4 is 10.6 Å². The lowest BCUT2D eigenvalue weighted by Gasteiger charge is -2.37. The second-order valence-corrected chi connectivity index (χ2v) is 5.05. The Labute approximate surface area is 108 Å². The van der Waals surface area contributed by atoms with Crippen molar-refractivity contribution in [2.45, 2.75) is 45.7 Å². The number of rotatable bonds is 1. The van der Waals surface area contributed by atoms with Crippen molar-refractivity contribution in [2.24, 2.45) is 5.73 Å². The lowest BCUT2D eigenvalue weighted by atomic mass is 9.98. The molecule has 5 heteroatoms. The molecule has 1 aromatic heterocycles. The van der Waals surface area contributed by atoms with Gasteiger partial charge in [-0.2, -0.15) is 10.4 Å². The maximum absolute atomic E-state index is 9.32. The fourth-order valence-electron chi connectivity index (χ4n) is 2.45. The summed E-state index contributed by atoms with van der Waals surface area (Å²) in [4.78, 5) is 2.15. The molecule has 1 saturated heterocycles. The molecule has 2 unspecified atom stereocenters. The van der Waals surface area contributed by atoms with Gasteiger partial charge in [0.15, 0.2) is 5.82 Å².